The molecule has 0 aromatic carbocycles. The molecule has 14 heteroatoms. The summed E-state index contributed by atoms with van der Waals surface area (Å²) in [6.45, 7) is 3.60. The molecular weight excluding hydrogens is 430 g/mol. The molecule has 1 unspecified atom stereocenters. The average Bonchev–Trinajstić information content (AvgIpc) is 2.59. The zero-order valence-corrected chi connectivity index (χ0v) is 16.0. The van der Waals surface area contributed by atoms with Crippen LogP contribution in [0.15, 0.2) is 0 Å². The molecule has 0 radical (unpaired) electrons. The number of carbonyl (C=O) groups is 2. The highest BCUT2D eigenvalue weighted by Crippen LogP contribution is 2.25. The minimum atomic E-state index is -5.50. The highest BCUT2D eigenvalue weighted by atomic mass is 19.5. The van der Waals surface area contributed by atoms with Gasteiger partial charge in [0.2, 0.25) is 11.8 Å². The van der Waals surface area contributed by atoms with Crippen molar-refractivity contribution in [1.82, 2.24) is 9.80 Å². The van der Waals surface area contributed by atoms with E-state index in [-0.39, 0.29) is 11.8 Å². The zero-order chi connectivity index (χ0) is 23.8. The van der Waals surface area contributed by atoms with E-state index in [9.17, 15) is 53.5 Å². The number of alkyl halides is 10. The van der Waals surface area contributed by atoms with Gasteiger partial charge in [-0.1, -0.05) is 6.92 Å². The normalized spacial score (nSPS) is 14.9. The molecule has 0 N–H and O–H groups in total. The fourth-order valence-electron chi connectivity index (χ4n) is 1.42. The van der Waals surface area contributed by atoms with Crippen LogP contribution in [0.2, 0.25) is 0 Å². The van der Waals surface area contributed by atoms with Gasteiger partial charge in [-0.3, -0.25) is 14.0 Å². The summed E-state index contributed by atoms with van der Waals surface area (Å²) < 4.78 is 104. The third-order valence-electron chi connectivity index (χ3n) is 3.03. The van der Waals surface area contributed by atoms with Crippen molar-refractivity contribution in [1.29, 1.82) is 0 Å². The molecule has 1 aliphatic rings. The topological polar surface area (TPSA) is 40.6 Å². The van der Waals surface area contributed by atoms with E-state index in [1.54, 1.807) is 23.6 Å². The first kappa shape index (κ1) is 31.9. The second-order valence-electron chi connectivity index (χ2n) is 5.42. The Morgan fingerprint density at radius 3 is 1.07 bits per heavy atom. The summed E-state index contributed by atoms with van der Waals surface area (Å²) in [5, 5.41) is 0. The van der Waals surface area contributed by atoms with Crippen molar-refractivity contribution in [3.63, 3.8) is 0 Å². The van der Waals surface area contributed by atoms with Crippen molar-refractivity contribution >= 4 is 11.8 Å². The monoisotopic (exact) mass is 454 g/mol. The second-order valence-corrected chi connectivity index (χ2v) is 5.42. The third kappa shape index (κ3) is 24.2. The molecule has 1 atom stereocenters. The molecule has 0 aliphatic carbocycles. The predicted molar refractivity (Wildman–Crippen MR) is 84.8 cm³/mol. The van der Waals surface area contributed by atoms with Gasteiger partial charge in [0.05, 0.1) is 5.92 Å². The number of rotatable bonds is 2. The zero-order valence-electron chi connectivity index (χ0n) is 16.0. The summed E-state index contributed by atoms with van der Waals surface area (Å²) in [7, 11) is 0. The highest BCUT2D eigenvalue weighted by molar-refractivity contribution is 5.75. The number of amides is 2. The van der Waals surface area contributed by atoms with E-state index >= 15 is 0 Å². The fraction of sp³-hybridized carbons (Fsp3) is 0.867. The molecule has 2 amide bonds. The molecule has 0 bridgehead atoms. The molecule has 0 aromatic rings. The van der Waals surface area contributed by atoms with Gasteiger partial charge >= 0.3 is 12.6 Å². The molecule has 29 heavy (non-hydrogen) atoms. The van der Waals surface area contributed by atoms with Crippen molar-refractivity contribution in [3.8, 4) is 0 Å². The Labute approximate surface area is 161 Å². The van der Waals surface area contributed by atoms with E-state index in [1.807, 2.05) is 0 Å². The lowest BCUT2D eigenvalue weighted by atomic mass is 10.2. The predicted octanol–water partition coefficient (Wildman–Crippen LogP) is 4.25. The van der Waals surface area contributed by atoms with Gasteiger partial charge < -0.3 is 9.80 Å². The van der Waals surface area contributed by atoms with E-state index < -0.39 is 38.5 Å². The molecule has 1 heterocycles. The standard InChI is InChI=1S/C8H14N2O2.C4H6F4.C2H4F2.CF4/c1-7(11)9-3-5-10(6-4-9)8(2)12;1-3(2-5)4(6,7)8;3-1-2-4;2-1(3,4)5/h3-6H2,1-2H3;3H,2H2,1H3;1-2H2;. The molecule has 0 saturated carbocycles. The van der Waals surface area contributed by atoms with Crippen LogP contribution >= 0.6 is 0 Å². The summed E-state index contributed by atoms with van der Waals surface area (Å²) in [5.41, 5.74) is 0. The van der Waals surface area contributed by atoms with Crippen LogP contribution in [0.1, 0.15) is 20.8 Å². The van der Waals surface area contributed by atoms with Crippen molar-refractivity contribution in [2.24, 2.45) is 5.92 Å². The van der Waals surface area contributed by atoms with E-state index in [4.69, 9.17) is 0 Å². The van der Waals surface area contributed by atoms with E-state index in [0.717, 1.165) is 6.92 Å². The first-order chi connectivity index (χ1) is 13.0. The number of hydrogen-bond acceptors (Lipinski definition) is 2. The molecule has 4 nitrogen and oxygen atoms in total. The maximum absolute atomic E-state index is 11.2. The van der Waals surface area contributed by atoms with E-state index in [0.29, 0.717) is 26.2 Å². The lowest BCUT2D eigenvalue weighted by molar-refractivity contribution is -0.237. The number of hydrogen-bond donors (Lipinski definition) is 0. The van der Waals surface area contributed by atoms with Gasteiger partial charge in [0.1, 0.15) is 20.0 Å². The smallest absolute Gasteiger partial charge is 0.339 e. The van der Waals surface area contributed by atoms with Crippen LogP contribution in [0, 0.1) is 5.92 Å². The summed E-state index contributed by atoms with van der Waals surface area (Å²) in [6, 6.07) is 0. The molecule has 176 valence electrons. The second kappa shape index (κ2) is 16.1. The van der Waals surface area contributed by atoms with Crippen molar-refractivity contribution in [2.45, 2.75) is 33.4 Å². The van der Waals surface area contributed by atoms with Gasteiger partial charge in [0, 0.05) is 40.0 Å². The van der Waals surface area contributed by atoms with Crippen LogP contribution in [-0.2, 0) is 9.59 Å². The Morgan fingerprint density at radius 2 is 1.00 bits per heavy atom. The summed E-state index contributed by atoms with van der Waals surface area (Å²) in [4.78, 5) is 25.3. The number of piperazine rings is 1. The molecule has 1 fully saturated rings. The van der Waals surface area contributed by atoms with Crippen LogP contribution < -0.4 is 0 Å². The van der Waals surface area contributed by atoms with Gasteiger partial charge in [0.15, 0.2) is 0 Å². The summed E-state index contributed by atoms with van der Waals surface area (Å²) in [6.07, 6.45) is -9.87. The van der Waals surface area contributed by atoms with Gasteiger partial charge in [-0.25, -0.2) is 8.78 Å². The van der Waals surface area contributed by atoms with Crippen LogP contribution in [0.4, 0.5) is 43.9 Å². The van der Waals surface area contributed by atoms with Crippen LogP contribution in [0.25, 0.3) is 0 Å². The molecule has 1 rings (SSSR count). The first-order valence-corrected chi connectivity index (χ1v) is 8.02. The summed E-state index contributed by atoms with van der Waals surface area (Å²) >= 11 is 0. The quantitative estimate of drug-likeness (QED) is 0.586. The molecule has 1 aliphatic heterocycles. The fourth-order valence-corrected chi connectivity index (χ4v) is 1.42. The van der Waals surface area contributed by atoms with Gasteiger partial charge in [-0.2, -0.15) is 13.2 Å². The maximum Gasteiger partial charge on any atom is 0.559 e. The lowest BCUT2D eigenvalue weighted by Crippen LogP contribution is -2.49. The Balaban J connectivity index is -0.000000345. The maximum atomic E-state index is 11.2. The summed E-state index contributed by atoms with van der Waals surface area (Å²) in [5.74, 6) is -1.63. The van der Waals surface area contributed by atoms with Crippen LogP contribution in [-0.4, -0.2) is 80.4 Å². The van der Waals surface area contributed by atoms with E-state index in [2.05, 4.69) is 0 Å². The Kier molecular flexibility index (Phi) is 17.7. The minimum Gasteiger partial charge on any atom is -0.339 e. The Bertz CT molecular complexity index is 406. The number of nitrogens with zero attached hydrogens (tertiary/aromatic N) is 2. The minimum absolute atomic E-state index is 0.0956. The molecular formula is C15H24F10N2O2. The third-order valence-corrected chi connectivity index (χ3v) is 3.03. The highest BCUT2D eigenvalue weighted by Gasteiger charge is 2.35. The SMILES string of the molecule is CC(=O)N1CCN(C(C)=O)CC1.CC(CF)C(F)(F)F.FC(F)(F)F.FCCF. The molecule has 1 saturated heterocycles. The number of halogens is 10. The Morgan fingerprint density at radius 1 is 0.759 bits per heavy atom. The van der Waals surface area contributed by atoms with Gasteiger partial charge in [-0.05, 0) is 0 Å². The van der Waals surface area contributed by atoms with Crippen LogP contribution in [0.5, 0.6) is 0 Å². The first-order valence-electron chi connectivity index (χ1n) is 8.02. The van der Waals surface area contributed by atoms with Crippen LogP contribution in [0.3, 0.4) is 0 Å². The van der Waals surface area contributed by atoms with Crippen molar-refractivity contribution in [2.75, 3.05) is 46.2 Å². The van der Waals surface area contributed by atoms with E-state index in [1.165, 1.54) is 0 Å². The molecule has 0 aromatic heterocycles. The lowest BCUT2D eigenvalue weighted by Gasteiger charge is -2.33. The van der Waals surface area contributed by atoms with Crippen molar-refractivity contribution in [3.05, 3.63) is 0 Å². The van der Waals surface area contributed by atoms with Gasteiger partial charge in [0.25, 0.3) is 0 Å². The van der Waals surface area contributed by atoms with Crippen molar-refractivity contribution < 1.29 is 53.5 Å². The Hall–Kier alpha value is -1.76. The molecule has 0 spiro atoms. The number of carbonyl (C=O) groups excluding carboxylic acids is 2. The van der Waals surface area contributed by atoms with Gasteiger partial charge in [-0.15, -0.1) is 17.6 Å². The average molecular weight is 454 g/mol. The largest absolute Gasteiger partial charge is 0.559 e.